The predicted octanol–water partition coefficient (Wildman–Crippen LogP) is 5.97. The lowest BCUT2D eigenvalue weighted by molar-refractivity contribution is 0.136. The van der Waals surface area contributed by atoms with Crippen LogP contribution < -0.4 is 5.32 Å². The van der Waals surface area contributed by atoms with Gasteiger partial charge in [-0.05, 0) is 62.2 Å². The minimum atomic E-state index is -0.488. The molecule has 0 radical (unpaired) electrons. The Balaban J connectivity index is 1.74. The van der Waals surface area contributed by atoms with E-state index in [-0.39, 0.29) is 6.03 Å². The number of rotatable bonds is 8. The number of amides is 2. The van der Waals surface area contributed by atoms with E-state index in [0.717, 1.165) is 22.4 Å². The largest absolute Gasteiger partial charge is 0.382 e. The Hall–Kier alpha value is -2.87. The van der Waals surface area contributed by atoms with Crippen LogP contribution in [0.2, 0.25) is 10.0 Å². The van der Waals surface area contributed by atoms with E-state index in [1.165, 1.54) is 0 Å². The van der Waals surface area contributed by atoms with Gasteiger partial charge in [-0.1, -0.05) is 40.5 Å². The second-order valence-electron chi connectivity index (χ2n) is 7.57. The molecule has 172 valence electrons. The van der Waals surface area contributed by atoms with Gasteiger partial charge >= 0.3 is 6.03 Å². The van der Waals surface area contributed by atoms with Crippen LogP contribution in [-0.2, 0) is 4.74 Å². The summed E-state index contributed by atoms with van der Waals surface area (Å²) in [5, 5.41) is 8.43. The second kappa shape index (κ2) is 10.4. The van der Waals surface area contributed by atoms with E-state index >= 15 is 0 Å². The van der Waals surface area contributed by atoms with Crippen molar-refractivity contribution in [2.24, 2.45) is 0 Å². The summed E-state index contributed by atoms with van der Waals surface area (Å²) in [7, 11) is 0. The molecule has 2 heterocycles. The highest BCUT2D eigenvalue weighted by Gasteiger charge is 2.35. The third-order valence-corrected chi connectivity index (χ3v) is 5.90. The van der Waals surface area contributed by atoms with Crippen LogP contribution in [0.3, 0.4) is 0 Å². The van der Waals surface area contributed by atoms with E-state index in [1.54, 1.807) is 23.1 Å². The summed E-state index contributed by atoms with van der Waals surface area (Å²) in [4.78, 5) is 19.3. The lowest BCUT2D eigenvalue weighted by Gasteiger charge is -2.35. The molecule has 1 N–H and O–H groups in total. The highest BCUT2D eigenvalue weighted by atomic mass is 35.5. The van der Waals surface area contributed by atoms with Crippen molar-refractivity contribution in [2.75, 3.05) is 19.8 Å². The van der Waals surface area contributed by atoms with Gasteiger partial charge in [0.25, 0.3) is 5.89 Å². The molecule has 0 saturated carbocycles. The van der Waals surface area contributed by atoms with Crippen LogP contribution in [0, 0.1) is 0 Å². The summed E-state index contributed by atoms with van der Waals surface area (Å²) in [5.41, 5.74) is 3.07. The second-order valence-corrected chi connectivity index (χ2v) is 8.44. The number of carbonyl (C=O) groups excluding carboxylic acids is 1. The molecule has 1 aliphatic heterocycles. The van der Waals surface area contributed by atoms with Gasteiger partial charge < -0.3 is 14.6 Å². The Morgan fingerprint density at radius 3 is 2.67 bits per heavy atom. The topological polar surface area (TPSA) is 80.5 Å². The Labute approximate surface area is 202 Å². The van der Waals surface area contributed by atoms with E-state index in [0.29, 0.717) is 47.9 Å². The number of urea groups is 1. The highest BCUT2D eigenvalue weighted by Crippen LogP contribution is 2.38. The van der Waals surface area contributed by atoms with Crippen LogP contribution in [0.1, 0.15) is 37.8 Å². The molecule has 0 spiro atoms. The zero-order chi connectivity index (χ0) is 23.4. The Kier molecular flexibility index (Phi) is 7.33. The SMILES string of the molecule is CCOCCCN1C(=O)NC(c2cccc(Cl)c2)C(c2nc(-c3ccc(Cl)cc3)no2)=C1C. The normalized spacial score (nSPS) is 16.3. The standard InChI is InChI=1S/C24H24Cl2N4O3/c1-3-32-13-5-12-30-15(2)20(21(27-24(30)31)17-6-4-7-19(26)14-17)23-28-22(29-33-23)16-8-10-18(25)11-9-16/h4,6-11,14,21H,3,5,12-13H2,1-2H3,(H,27,31). The Morgan fingerprint density at radius 2 is 1.94 bits per heavy atom. The number of benzene rings is 2. The van der Waals surface area contributed by atoms with Crippen molar-refractivity contribution in [3.8, 4) is 11.4 Å². The van der Waals surface area contributed by atoms with Crippen LogP contribution in [0.25, 0.3) is 17.0 Å². The first-order valence-electron chi connectivity index (χ1n) is 10.7. The minimum absolute atomic E-state index is 0.199. The van der Waals surface area contributed by atoms with Crippen LogP contribution in [-0.4, -0.2) is 40.8 Å². The summed E-state index contributed by atoms with van der Waals surface area (Å²) >= 11 is 12.2. The molecule has 33 heavy (non-hydrogen) atoms. The average molecular weight is 487 g/mol. The molecule has 1 atom stereocenters. The maximum absolute atomic E-state index is 13.0. The number of hydrogen-bond acceptors (Lipinski definition) is 5. The molecule has 0 bridgehead atoms. The first kappa shape index (κ1) is 23.3. The smallest absolute Gasteiger partial charge is 0.322 e. The van der Waals surface area contributed by atoms with Crippen LogP contribution in [0.4, 0.5) is 4.79 Å². The molecular weight excluding hydrogens is 463 g/mol. The Morgan fingerprint density at radius 1 is 1.15 bits per heavy atom. The fourth-order valence-electron chi connectivity index (χ4n) is 3.78. The van der Waals surface area contributed by atoms with Crippen LogP contribution in [0.15, 0.2) is 58.8 Å². The number of nitrogens with one attached hydrogen (secondary N) is 1. The molecule has 1 aromatic heterocycles. The van der Waals surface area contributed by atoms with Gasteiger partial charge in [0.1, 0.15) is 0 Å². The fraction of sp³-hybridized carbons (Fsp3) is 0.292. The summed E-state index contributed by atoms with van der Waals surface area (Å²) in [6.45, 7) is 5.54. The zero-order valence-electron chi connectivity index (χ0n) is 18.3. The lowest BCUT2D eigenvalue weighted by atomic mass is 9.94. The van der Waals surface area contributed by atoms with E-state index in [9.17, 15) is 4.79 Å². The average Bonchev–Trinajstić information content (AvgIpc) is 3.28. The molecule has 0 saturated heterocycles. The number of allylic oxidation sites excluding steroid dienone is 1. The molecule has 2 aromatic carbocycles. The number of aromatic nitrogens is 2. The van der Waals surface area contributed by atoms with Gasteiger partial charge in [-0.2, -0.15) is 4.98 Å². The van der Waals surface area contributed by atoms with E-state index in [2.05, 4.69) is 15.5 Å². The van der Waals surface area contributed by atoms with Crippen molar-refractivity contribution in [1.29, 1.82) is 0 Å². The Bertz CT molecular complexity index is 1160. The van der Waals surface area contributed by atoms with Crippen molar-refractivity contribution in [3.05, 3.63) is 75.7 Å². The van der Waals surface area contributed by atoms with Gasteiger partial charge in [0, 0.05) is 41.1 Å². The first-order chi connectivity index (χ1) is 16.0. The summed E-state index contributed by atoms with van der Waals surface area (Å²) in [5.74, 6) is 0.767. The van der Waals surface area contributed by atoms with E-state index in [1.807, 2.05) is 44.2 Å². The van der Waals surface area contributed by atoms with Gasteiger partial charge in [-0.15, -0.1) is 0 Å². The molecular formula is C24H24Cl2N4O3. The molecule has 0 aliphatic carbocycles. The maximum Gasteiger partial charge on any atom is 0.322 e. The maximum atomic E-state index is 13.0. The monoisotopic (exact) mass is 486 g/mol. The minimum Gasteiger partial charge on any atom is -0.382 e. The molecule has 1 unspecified atom stereocenters. The van der Waals surface area contributed by atoms with E-state index in [4.69, 9.17) is 32.5 Å². The molecule has 0 fully saturated rings. The molecule has 3 aromatic rings. The van der Waals surface area contributed by atoms with Crippen LogP contribution in [0.5, 0.6) is 0 Å². The molecule has 4 rings (SSSR count). The molecule has 9 heteroatoms. The first-order valence-corrected chi connectivity index (χ1v) is 11.5. The van der Waals surface area contributed by atoms with Crippen molar-refractivity contribution < 1.29 is 14.1 Å². The number of hydrogen-bond donors (Lipinski definition) is 1. The van der Waals surface area contributed by atoms with Crippen molar-refractivity contribution in [1.82, 2.24) is 20.4 Å². The third kappa shape index (κ3) is 5.21. The lowest BCUT2D eigenvalue weighted by Crippen LogP contribution is -2.46. The summed E-state index contributed by atoms with van der Waals surface area (Å²) in [6, 6.07) is 13.9. The van der Waals surface area contributed by atoms with Gasteiger partial charge in [-0.25, -0.2) is 4.79 Å². The fourth-order valence-corrected chi connectivity index (χ4v) is 4.11. The molecule has 1 aliphatic rings. The summed E-state index contributed by atoms with van der Waals surface area (Å²) < 4.78 is 11.1. The van der Waals surface area contributed by atoms with Crippen LogP contribution >= 0.6 is 23.2 Å². The number of halogens is 2. The van der Waals surface area contributed by atoms with Gasteiger partial charge in [0.15, 0.2) is 0 Å². The van der Waals surface area contributed by atoms with Gasteiger partial charge in [-0.3, -0.25) is 4.90 Å². The van der Waals surface area contributed by atoms with Crippen molar-refractivity contribution >= 4 is 34.8 Å². The quantitative estimate of drug-likeness (QED) is 0.396. The molecule has 7 nitrogen and oxygen atoms in total. The van der Waals surface area contributed by atoms with Crippen molar-refractivity contribution in [2.45, 2.75) is 26.3 Å². The number of carbonyl (C=O) groups is 1. The van der Waals surface area contributed by atoms with Gasteiger partial charge in [0.05, 0.1) is 11.6 Å². The number of nitrogens with zero attached hydrogens (tertiary/aromatic N) is 3. The number of ether oxygens (including phenoxy) is 1. The van der Waals surface area contributed by atoms with Gasteiger partial charge in [0.2, 0.25) is 5.82 Å². The zero-order valence-corrected chi connectivity index (χ0v) is 19.9. The predicted molar refractivity (Wildman–Crippen MR) is 128 cm³/mol. The van der Waals surface area contributed by atoms with Crippen molar-refractivity contribution in [3.63, 3.8) is 0 Å². The van der Waals surface area contributed by atoms with E-state index < -0.39 is 6.04 Å². The third-order valence-electron chi connectivity index (χ3n) is 5.41. The highest BCUT2D eigenvalue weighted by molar-refractivity contribution is 6.30. The molecule has 2 amide bonds. The summed E-state index contributed by atoms with van der Waals surface area (Å²) in [6.07, 6.45) is 0.702.